The fraction of sp³-hybridized carbons (Fsp3) is 0.214. The minimum Gasteiger partial charge on any atom is -0.373 e. The van der Waals surface area contributed by atoms with Crippen LogP contribution in [0, 0.1) is 29.8 Å². The number of anilines is 1. The Hall–Kier alpha value is -2.50. The molecule has 0 radical (unpaired) electrons. The van der Waals surface area contributed by atoms with E-state index in [-0.39, 0.29) is 16.9 Å². The Morgan fingerprint density at radius 2 is 2.00 bits per heavy atom. The van der Waals surface area contributed by atoms with Crippen LogP contribution in [-0.4, -0.2) is 17.0 Å². The molecule has 20 heavy (non-hydrogen) atoms. The molecule has 1 aromatic heterocycles. The number of aryl methyl sites for hydroxylation is 2. The zero-order chi connectivity index (χ0) is 14.9. The topological polar surface area (TPSA) is 68.1 Å². The first-order valence-corrected chi connectivity index (χ1v) is 6.04. The van der Waals surface area contributed by atoms with Crippen molar-refractivity contribution in [2.24, 2.45) is 0 Å². The summed E-state index contributed by atoms with van der Waals surface area (Å²) in [6.07, 6.45) is 0. The largest absolute Gasteiger partial charge is 0.373 e. The molecule has 0 spiro atoms. The van der Waals surface area contributed by atoms with Crippen molar-refractivity contribution < 1.29 is 9.31 Å². The monoisotopic (exact) mass is 275 g/mol. The molecule has 0 aliphatic rings. The number of benzene rings is 1. The van der Waals surface area contributed by atoms with Gasteiger partial charge in [-0.15, -0.1) is 0 Å². The molecular formula is C14H14FN3O2. The third-order valence-electron chi connectivity index (χ3n) is 3.00. The molecule has 0 fully saturated rings. The molecule has 104 valence electrons. The molecule has 5 nitrogen and oxygen atoms in total. The molecule has 6 heteroatoms. The average molecular weight is 275 g/mol. The average Bonchev–Trinajstić information content (AvgIpc) is 2.37. The molecule has 2 rings (SSSR count). The second kappa shape index (κ2) is 5.24. The maximum Gasteiger partial charge on any atom is 0.295 e. The molecule has 0 saturated heterocycles. The number of nitrogens with zero attached hydrogens (tertiary/aromatic N) is 2. The van der Waals surface area contributed by atoms with Crippen molar-refractivity contribution in [2.75, 3.05) is 12.4 Å². The van der Waals surface area contributed by atoms with Crippen LogP contribution in [0.4, 0.5) is 15.9 Å². The first kappa shape index (κ1) is 13.9. The zero-order valence-electron chi connectivity index (χ0n) is 11.4. The van der Waals surface area contributed by atoms with Gasteiger partial charge >= 0.3 is 0 Å². The normalized spacial score (nSPS) is 10.4. The number of rotatable bonds is 3. The molecule has 2 aromatic rings. The highest BCUT2D eigenvalue weighted by atomic mass is 19.1. The van der Waals surface area contributed by atoms with Crippen LogP contribution in [0.15, 0.2) is 24.3 Å². The lowest BCUT2D eigenvalue weighted by atomic mass is 10.0. The van der Waals surface area contributed by atoms with Crippen LogP contribution in [0.5, 0.6) is 0 Å². The second-order valence-corrected chi connectivity index (χ2v) is 4.51. The summed E-state index contributed by atoms with van der Waals surface area (Å²) in [7, 11) is 1.65. The zero-order valence-corrected chi connectivity index (χ0v) is 11.4. The van der Waals surface area contributed by atoms with Crippen molar-refractivity contribution in [3.05, 3.63) is 51.3 Å². The first-order valence-electron chi connectivity index (χ1n) is 6.04. The number of nitro groups is 1. The Kier molecular flexibility index (Phi) is 3.65. The SMILES string of the molecule is CNc1ccc([N+](=O)[O-])c(-c2c(C)cc(C)cc2F)n1. The molecule has 0 unspecified atom stereocenters. The van der Waals surface area contributed by atoms with Gasteiger partial charge in [0.15, 0.2) is 5.69 Å². The van der Waals surface area contributed by atoms with Gasteiger partial charge in [0.05, 0.1) is 4.92 Å². The quantitative estimate of drug-likeness (QED) is 0.688. The summed E-state index contributed by atoms with van der Waals surface area (Å²) in [5.74, 6) is -0.0590. The van der Waals surface area contributed by atoms with Crippen LogP contribution in [0.25, 0.3) is 11.3 Å². The lowest BCUT2D eigenvalue weighted by Crippen LogP contribution is -2.01. The van der Waals surface area contributed by atoms with Crippen LogP contribution in [0.1, 0.15) is 11.1 Å². The van der Waals surface area contributed by atoms with Gasteiger partial charge in [-0.3, -0.25) is 10.1 Å². The Labute approximate surface area is 115 Å². The number of hydrogen-bond acceptors (Lipinski definition) is 4. The summed E-state index contributed by atoms with van der Waals surface area (Å²) in [6, 6.07) is 5.94. The Balaban J connectivity index is 2.77. The minimum absolute atomic E-state index is 0.0388. The molecule has 0 saturated carbocycles. The fourth-order valence-corrected chi connectivity index (χ4v) is 2.14. The van der Waals surface area contributed by atoms with Crippen LogP contribution in [0.3, 0.4) is 0 Å². The molecule has 0 bridgehead atoms. The molecule has 0 amide bonds. The number of nitrogens with one attached hydrogen (secondary N) is 1. The van der Waals surface area contributed by atoms with Gasteiger partial charge in [0.2, 0.25) is 0 Å². The first-order chi connectivity index (χ1) is 9.43. The number of halogens is 1. The van der Waals surface area contributed by atoms with Crippen LogP contribution < -0.4 is 5.32 Å². The third-order valence-corrected chi connectivity index (χ3v) is 3.00. The van der Waals surface area contributed by atoms with Gasteiger partial charge in [0, 0.05) is 18.7 Å². The standard InChI is InChI=1S/C14H14FN3O2/c1-8-6-9(2)13(10(15)7-8)14-11(18(19)20)4-5-12(16-3)17-14/h4-7H,1-3H3,(H,16,17). The number of aromatic nitrogens is 1. The highest BCUT2D eigenvalue weighted by Crippen LogP contribution is 2.34. The number of hydrogen-bond donors (Lipinski definition) is 1. The smallest absolute Gasteiger partial charge is 0.295 e. The molecule has 0 atom stereocenters. The molecule has 0 aliphatic carbocycles. The lowest BCUT2D eigenvalue weighted by molar-refractivity contribution is -0.384. The van der Waals surface area contributed by atoms with Gasteiger partial charge in [0.1, 0.15) is 11.6 Å². The molecule has 1 N–H and O–H groups in total. The van der Waals surface area contributed by atoms with Crippen LogP contribution in [-0.2, 0) is 0 Å². The van der Waals surface area contributed by atoms with Crippen molar-refractivity contribution in [1.82, 2.24) is 4.98 Å². The Morgan fingerprint density at radius 3 is 2.55 bits per heavy atom. The van der Waals surface area contributed by atoms with Gasteiger partial charge in [-0.05, 0) is 37.1 Å². The summed E-state index contributed by atoms with van der Waals surface area (Å²) >= 11 is 0. The van der Waals surface area contributed by atoms with E-state index >= 15 is 0 Å². The van der Waals surface area contributed by atoms with Gasteiger partial charge in [-0.25, -0.2) is 9.37 Å². The third kappa shape index (κ3) is 2.45. The summed E-state index contributed by atoms with van der Waals surface area (Å²) < 4.78 is 14.2. The van der Waals surface area contributed by atoms with Crippen LogP contribution in [0.2, 0.25) is 0 Å². The predicted octanol–water partition coefficient (Wildman–Crippen LogP) is 3.45. The molecule has 0 aliphatic heterocycles. The van der Waals surface area contributed by atoms with E-state index in [9.17, 15) is 14.5 Å². The number of pyridine rings is 1. The van der Waals surface area contributed by atoms with Crippen molar-refractivity contribution in [3.63, 3.8) is 0 Å². The van der Waals surface area contributed by atoms with E-state index in [1.807, 2.05) is 0 Å². The second-order valence-electron chi connectivity index (χ2n) is 4.51. The maximum atomic E-state index is 14.2. The van der Waals surface area contributed by atoms with E-state index in [4.69, 9.17) is 0 Å². The predicted molar refractivity (Wildman–Crippen MR) is 75.3 cm³/mol. The minimum atomic E-state index is -0.555. The highest BCUT2D eigenvalue weighted by molar-refractivity contribution is 5.74. The summed E-state index contributed by atoms with van der Waals surface area (Å²) in [5, 5.41) is 13.9. The lowest BCUT2D eigenvalue weighted by Gasteiger charge is -2.10. The fourth-order valence-electron chi connectivity index (χ4n) is 2.14. The molecule has 1 aromatic carbocycles. The molecular weight excluding hydrogens is 261 g/mol. The van der Waals surface area contributed by atoms with Crippen molar-refractivity contribution >= 4 is 11.5 Å². The van der Waals surface area contributed by atoms with Crippen molar-refractivity contribution in [1.29, 1.82) is 0 Å². The van der Waals surface area contributed by atoms with E-state index in [0.717, 1.165) is 5.56 Å². The highest BCUT2D eigenvalue weighted by Gasteiger charge is 2.22. The van der Waals surface area contributed by atoms with Gasteiger partial charge in [0.25, 0.3) is 5.69 Å². The Morgan fingerprint density at radius 1 is 1.30 bits per heavy atom. The molecule has 1 heterocycles. The summed E-state index contributed by atoms with van der Waals surface area (Å²) in [4.78, 5) is 14.7. The van der Waals surface area contributed by atoms with Gasteiger partial charge < -0.3 is 5.32 Å². The van der Waals surface area contributed by atoms with Crippen molar-refractivity contribution in [2.45, 2.75) is 13.8 Å². The maximum absolute atomic E-state index is 14.2. The van der Waals surface area contributed by atoms with Crippen LogP contribution >= 0.6 is 0 Å². The Bertz CT molecular complexity index is 663. The van der Waals surface area contributed by atoms with E-state index in [0.29, 0.717) is 11.4 Å². The van der Waals surface area contributed by atoms with E-state index in [1.54, 1.807) is 27.0 Å². The van der Waals surface area contributed by atoms with Gasteiger partial charge in [-0.2, -0.15) is 0 Å². The summed E-state index contributed by atoms with van der Waals surface area (Å²) in [5.41, 5.74) is 1.37. The van der Waals surface area contributed by atoms with Crippen molar-refractivity contribution in [3.8, 4) is 11.3 Å². The van der Waals surface area contributed by atoms with E-state index < -0.39 is 10.7 Å². The van der Waals surface area contributed by atoms with E-state index in [1.165, 1.54) is 18.2 Å². The van der Waals surface area contributed by atoms with E-state index in [2.05, 4.69) is 10.3 Å². The van der Waals surface area contributed by atoms with Gasteiger partial charge in [-0.1, -0.05) is 6.07 Å². The summed E-state index contributed by atoms with van der Waals surface area (Å²) in [6.45, 7) is 3.48.